The van der Waals surface area contributed by atoms with Gasteiger partial charge in [-0.3, -0.25) is 0 Å². The first-order valence-electron chi connectivity index (χ1n) is 4.67. The third kappa shape index (κ3) is 1.78. The van der Waals surface area contributed by atoms with E-state index in [0.717, 1.165) is 0 Å². The average Bonchev–Trinajstić information content (AvgIpc) is 2.29. The topological polar surface area (TPSA) is 23.8 Å². The number of halogens is 2. The zero-order chi connectivity index (χ0) is 11.5. The largest absolute Gasteiger partial charge is 0.207 e. The lowest BCUT2D eigenvalue weighted by Crippen LogP contribution is -1.89. The van der Waals surface area contributed by atoms with Crippen LogP contribution in [-0.4, -0.2) is 0 Å². The maximum atomic E-state index is 13.7. The highest BCUT2D eigenvalue weighted by molar-refractivity contribution is 5.66. The molecule has 0 N–H and O–H groups in total. The number of hydrogen-bond acceptors (Lipinski definition) is 1. The molecule has 0 aliphatic carbocycles. The predicted molar refractivity (Wildman–Crippen MR) is 56.5 cm³/mol. The van der Waals surface area contributed by atoms with Crippen molar-refractivity contribution in [3.8, 4) is 17.2 Å². The molecule has 0 heterocycles. The Hall–Kier alpha value is -2.21. The Kier molecular flexibility index (Phi) is 2.65. The fourth-order valence-corrected chi connectivity index (χ4v) is 1.50. The normalized spacial score (nSPS) is 9.81. The van der Waals surface area contributed by atoms with E-state index in [9.17, 15) is 8.78 Å². The summed E-state index contributed by atoms with van der Waals surface area (Å²) in [5, 5.41) is 8.68. The van der Waals surface area contributed by atoms with Crippen molar-refractivity contribution >= 4 is 0 Å². The van der Waals surface area contributed by atoms with Crippen LogP contribution in [-0.2, 0) is 0 Å². The maximum absolute atomic E-state index is 13.7. The summed E-state index contributed by atoms with van der Waals surface area (Å²) in [5.41, 5.74) is 0.620. The van der Waals surface area contributed by atoms with Crippen LogP contribution in [0.3, 0.4) is 0 Å². The molecule has 0 unspecified atom stereocenters. The molecule has 0 aromatic heterocycles. The highest BCUT2D eigenvalue weighted by Gasteiger charge is 2.09. The van der Waals surface area contributed by atoms with E-state index in [0.29, 0.717) is 5.56 Å². The smallest absolute Gasteiger partial charge is 0.148 e. The minimum absolute atomic E-state index is 0.0400. The van der Waals surface area contributed by atoms with Crippen molar-refractivity contribution in [3.05, 3.63) is 59.7 Å². The zero-order valence-corrected chi connectivity index (χ0v) is 8.24. The quantitative estimate of drug-likeness (QED) is 0.714. The van der Waals surface area contributed by atoms with Gasteiger partial charge in [0.05, 0.1) is 5.56 Å². The summed E-state index contributed by atoms with van der Waals surface area (Å²) in [6, 6.07) is 11.9. The SMILES string of the molecule is N#Cc1cccc(-c2cccc(F)c2)c1F. The van der Waals surface area contributed by atoms with Crippen LogP contribution in [0.5, 0.6) is 0 Å². The van der Waals surface area contributed by atoms with Gasteiger partial charge in [-0.2, -0.15) is 5.26 Å². The molecule has 0 aliphatic rings. The lowest BCUT2D eigenvalue weighted by Gasteiger charge is -2.04. The molecule has 0 amide bonds. The Morgan fingerprint density at radius 1 is 1.00 bits per heavy atom. The monoisotopic (exact) mass is 215 g/mol. The van der Waals surface area contributed by atoms with Gasteiger partial charge in [-0.05, 0) is 23.8 Å². The third-order valence-electron chi connectivity index (χ3n) is 2.25. The van der Waals surface area contributed by atoms with E-state index < -0.39 is 11.6 Å². The molecule has 16 heavy (non-hydrogen) atoms. The second-order valence-corrected chi connectivity index (χ2v) is 3.29. The highest BCUT2D eigenvalue weighted by atomic mass is 19.1. The summed E-state index contributed by atoms with van der Waals surface area (Å²) < 4.78 is 26.7. The third-order valence-corrected chi connectivity index (χ3v) is 2.25. The molecule has 0 bridgehead atoms. The van der Waals surface area contributed by atoms with Crippen molar-refractivity contribution in [2.24, 2.45) is 0 Å². The van der Waals surface area contributed by atoms with Crippen molar-refractivity contribution < 1.29 is 8.78 Å². The van der Waals surface area contributed by atoms with E-state index in [2.05, 4.69) is 0 Å². The van der Waals surface area contributed by atoms with Crippen LogP contribution in [0.1, 0.15) is 5.56 Å². The fourth-order valence-electron chi connectivity index (χ4n) is 1.50. The van der Waals surface area contributed by atoms with E-state index in [-0.39, 0.29) is 11.1 Å². The van der Waals surface area contributed by atoms with Crippen LogP contribution >= 0.6 is 0 Å². The summed E-state index contributed by atoms with van der Waals surface area (Å²) in [6.07, 6.45) is 0. The molecule has 0 spiro atoms. The lowest BCUT2D eigenvalue weighted by atomic mass is 10.0. The van der Waals surface area contributed by atoms with Gasteiger partial charge in [0.15, 0.2) is 0 Å². The van der Waals surface area contributed by atoms with E-state index in [1.807, 2.05) is 0 Å². The second kappa shape index (κ2) is 4.11. The van der Waals surface area contributed by atoms with Crippen LogP contribution in [0, 0.1) is 23.0 Å². The van der Waals surface area contributed by atoms with Crippen LogP contribution in [0.15, 0.2) is 42.5 Å². The number of nitriles is 1. The second-order valence-electron chi connectivity index (χ2n) is 3.29. The van der Waals surface area contributed by atoms with Gasteiger partial charge in [-0.15, -0.1) is 0 Å². The van der Waals surface area contributed by atoms with Crippen molar-refractivity contribution in [2.45, 2.75) is 0 Å². The molecule has 2 aromatic carbocycles. The van der Waals surface area contributed by atoms with Crippen molar-refractivity contribution in [2.75, 3.05) is 0 Å². The predicted octanol–water partition coefficient (Wildman–Crippen LogP) is 3.50. The van der Waals surface area contributed by atoms with Crippen LogP contribution in [0.25, 0.3) is 11.1 Å². The minimum Gasteiger partial charge on any atom is -0.207 e. The first-order chi connectivity index (χ1) is 7.72. The number of benzene rings is 2. The molecular weight excluding hydrogens is 208 g/mol. The van der Waals surface area contributed by atoms with Gasteiger partial charge >= 0.3 is 0 Å². The van der Waals surface area contributed by atoms with E-state index in [1.165, 1.54) is 30.3 Å². The van der Waals surface area contributed by atoms with Crippen molar-refractivity contribution in [1.82, 2.24) is 0 Å². The van der Waals surface area contributed by atoms with Crippen molar-refractivity contribution in [1.29, 1.82) is 5.26 Å². The Morgan fingerprint density at radius 2 is 1.75 bits per heavy atom. The highest BCUT2D eigenvalue weighted by Crippen LogP contribution is 2.25. The molecule has 3 heteroatoms. The van der Waals surface area contributed by atoms with Crippen LogP contribution < -0.4 is 0 Å². The Morgan fingerprint density at radius 3 is 2.44 bits per heavy atom. The first-order valence-corrected chi connectivity index (χ1v) is 4.67. The van der Waals surface area contributed by atoms with E-state index in [1.54, 1.807) is 18.2 Å². The van der Waals surface area contributed by atoms with Gasteiger partial charge in [0.25, 0.3) is 0 Å². The van der Waals surface area contributed by atoms with Gasteiger partial charge in [0.2, 0.25) is 0 Å². The molecule has 2 aromatic rings. The Bertz CT molecular complexity index is 570. The standard InChI is InChI=1S/C13H7F2N/c14-11-5-1-3-9(7-11)12-6-2-4-10(8-16)13(12)15/h1-7H. The molecular formula is C13H7F2N. The molecule has 78 valence electrons. The van der Waals surface area contributed by atoms with E-state index in [4.69, 9.17) is 5.26 Å². The summed E-state index contributed by atoms with van der Waals surface area (Å²) in [7, 11) is 0. The molecule has 0 atom stereocenters. The lowest BCUT2D eigenvalue weighted by molar-refractivity contribution is 0.623. The number of hydrogen-bond donors (Lipinski definition) is 0. The van der Waals surface area contributed by atoms with Gasteiger partial charge in [0, 0.05) is 5.56 Å². The molecule has 0 aliphatic heterocycles. The molecule has 1 nitrogen and oxygen atoms in total. The van der Waals surface area contributed by atoms with Crippen molar-refractivity contribution in [3.63, 3.8) is 0 Å². The number of rotatable bonds is 1. The average molecular weight is 215 g/mol. The first kappa shape index (κ1) is 10.3. The van der Waals surface area contributed by atoms with Crippen LogP contribution in [0.4, 0.5) is 8.78 Å². The van der Waals surface area contributed by atoms with E-state index >= 15 is 0 Å². The molecule has 0 fully saturated rings. The van der Waals surface area contributed by atoms with Gasteiger partial charge in [-0.25, -0.2) is 8.78 Å². The summed E-state index contributed by atoms with van der Waals surface area (Å²) >= 11 is 0. The number of nitrogens with zero attached hydrogens (tertiary/aromatic N) is 1. The summed E-state index contributed by atoms with van der Waals surface area (Å²) in [4.78, 5) is 0. The minimum atomic E-state index is -0.615. The molecule has 0 radical (unpaired) electrons. The van der Waals surface area contributed by atoms with Crippen LogP contribution in [0.2, 0.25) is 0 Å². The maximum Gasteiger partial charge on any atom is 0.148 e. The summed E-state index contributed by atoms with van der Waals surface area (Å²) in [6.45, 7) is 0. The fraction of sp³-hybridized carbons (Fsp3) is 0. The van der Waals surface area contributed by atoms with Gasteiger partial charge in [-0.1, -0.05) is 24.3 Å². The molecule has 0 saturated carbocycles. The Balaban J connectivity index is 2.62. The summed E-state index contributed by atoms with van der Waals surface area (Å²) in [5.74, 6) is -1.05. The van der Waals surface area contributed by atoms with Gasteiger partial charge < -0.3 is 0 Å². The Labute approximate surface area is 91.6 Å². The molecule has 0 saturated heterocycles. The zero-order valence-electron chi connectivity index (χ0n) is 8.24. The van der Waals surface area contributed by atoms with Gasteiger partial charge in [0.1, 0.15) is 17.7 Å². The molecule has 2 rings (SSSR count).